The third kappa shape index (κ3) is 21.1. The fourth-order valence-electron chi connectivity index (χ4n) is 13.2. The Morgan fingerprint density at radius 1 is 0.355 bits per heavy atom. The molecular formula is C87H83Cl5N10O8. The number of rotatable bonds is 24. The quantitative estimate of drug-likeness (QED) is 0.0253. The van der Waals surface area contributed by atoms with Crippen molar-refractivity contribution < 1.29 is 38.8 Å². The van der Waals surface area contributed by atoms with Crippen LogP contribution in [0, 0.1) is 27.7 Å². The van der Waals surface area contributed by atoms with Gasteiger partial charge in [-0.05, 0) is 239 Å². The Balaban J connectivity index is 0.000000149. The summed E-state index contributed by atoms with van der Waals surface area (Å²) in [6, 6.07) is 72.3. The number of hydrogen-bond acceptors (Lipinski definition) is 10. The SMILES string of the molecule is Cc1[nH]c2ccc(Cl)cc2c1CCC(=O)O.Cc1ccc(NC(=O)c2[nH]c3ccc(C)cc3c2CCC(ON)c2ccc(C)cc2)cc1.NOC(CCc1c(C(=O)Nc2ccc(Cl)cc2)[nH]c2ccc(Cl)cc12)c1ccc(Cl)cc1.NOC(CCc1c(C(=O)Nc2ccccc2)[nH]c2ccc(Cl)cc12)c1ccccc1. The van der Waals surface area contributed by atoms with Crippen LogP contribution >= 0.6 is 58.0 Å². The first-order chi connectivity index (χ1) is 53.1. The fourth-order valence-corrected chi connectivity index (χ4v) is 14.0. The molecular weight excluding hydrogens is 1490 g/mol. The molecule has 23 heteroatoms. The molecule has 3 amide bonds. The van der Waals surface area contributed by atoms with Crippen LogP contribution in [0.1, 0.15) is 137 Å². The highest BCUT2D eigenvalue weighted by molar-refractivity contribution is 6.32. The first-order valence-electron chi connectivity index (χ1n) is 35.6. The maximum Gasteiger partial charge on any atom is 0.303 e. The van der Waals surface area contributed by atoms with Gasteiger partial charge in [0.15, 0.2) is 0 Å². The molecule has 4 heterocycles. The summed E-state index contributed by atoms with van der Waals surface area (Å²) in [6.45, 7) is 8.08. The van der Waals surface area contributed by atoms with Gasteiger partial charge in [0, 0.05) is 97.9 Å². The van der Waals surface area contributed by atoms with E-state index in [9.17, 15) is 19.2 Å². The standard InChI is InChI=1S/C27H29N3O2.C24H20Cl3N3O2.C24H22ClN3O2.C12H12ClNO2/c1-17-4-9-20(10-5-17)25(32-28)15-13-22-23-16-19(3)8-14-24(23)30-26(22)27(31)29-21-11-6-18(2)7-12-21;25-15-3-1-14(2-4-15)22(32-28)12-10-19-20-13-17(27)7-11-21(20)30-23(19)24(31)29-18-8-5-16(26)6-9-18;25-17-11-13-21-20(15-17)19(12-14-22(30-26)16-7-3-1-4-8-16)23(28-21)24(29)27-18-9-5-2-6-10-18;1-7-9(3-5-12(15)16)10-6-8(13)2-4-11(10)14-7/h4-12,14,16,25,30H,13,15,28H2,1-3H3,(H,29,31);1-9,11,13,22,30H,10,12,28H2,(H,29,31);1-11,13,15,22,28H,12,14,26H2,(H,27,29);2,4,6,14H,3,5H2,1H3,(H,15,16). The van der Waals surface area contributed by atoms with E-state index in [1.165, 1.54) is 5.56 Å². The minimum Gasteiger partial charge on any atom is -0.481 e. The van der Waals surface area contributed by atoms with Gasteiger partial charge in [-0.2, -0.15) is 0 Å². The number of aryl methyl sites for hydroxylation is 8. The summed E-state index contributed by atoms with van der Waals surface area (Å²) in [5, 5.41) is 24.5. The number of carboxylic acids is 1. The number of benzene rings is 10. The molecule has 18 nitrogen and oxygen atoms in total. The summed E-state index contributed by atoms with van der Waals surface area (Å²) >= 11 is 30.3. The molecule has 0 saturated heterocycles. The lowest BCUT2D eigenvalue weighted by molar-refractivity contribution is -0.136. The summed E-state index contributed by atoms with van der Waals surface area (Å²) < 4.78 is 0. The normalized spacial score (nSPS) is 11.9. The lowest BCUT2D eigenvalue weighted by Gasteiger charge is -2.16. The molecule has 14 aromatic rings. The summed E-state index contributed by atoms with van der Waals surface area (Å²) in [5.41, 5.74) is 18.5. The van der Waals surface area contributed by atoms with Crippen molar-refractivity contribution in [3.8, 4) is 0 Å². The van der Waals surface area contributed by atoms with Crippen LogP contribution in [0.4, 0.5) is 17.1 Å². The lowest BCUT2D eigenvalue weighted by Crippen LogP contribution is -2.15. The number of nitrogens with one attached hydrogen (secondary N) is 7. The summed E-state index contributed by atoms with van der Waals surface area (Å²) in [5.74, 6) is 15.4. The van der Waals surface area contributed by atoms with Crippen LogP contribution in [0.3, 0.4) is 0 Å². The number of aromatic amines is 4. The van der Waals surface area contributed by atoms with Crippen molar-refractivity contribution in [3.05, 3.63) is 334 Å². The van der Waals surface area contributed by atoms with E-state index in [2.05, 4.69) is 67.9 Å². The summed E-state index contributed by atoms with van der Waals surface area (Å²) in [6.07, 6.45) is 3.39. The van der Waals surface area contributed by atoms with E-state index in [1.54, 1.807) is 48.5 Å². The van der Waals surface area contributed by atoms with Crippen molar-refractivity contribution in [3.63, 3.8) is 0 Å². The zero-order valence-electron chi connectivity index (χ0n) is 60.8. The number of amides is 3. The number of nitrogens with two attached hydrogens (primary N) is 3. The lowest BCUT2D eigenvalue weighted by atomic mass is 9.98. The molecule has 0 bridgehead atoms. The highest BCUT2D eigenvalue weighted by Crippen LogP contribution is 2.35. The van der Waals surface area contributed by atoms with E-state index in [0.717, 1.165) is 111 Å². The number of carbonyl (C=O) groups is 4. The molecule has 3 unspecified atom stereocenters. The Bertz CT molecular complexity index is 5280. The zero-order valence-corrected chi connectivity index (χ0v) is 64.5. The molecule has 0 spiro atoms. The zero-order chi connectivity index (χ0) is 78.0. The highest BCUT2D eigenvalue weighted by Gasteiger charge is 2.25. The monoisotopic (exact) mass is 1570 g/mol. The van der Waals surface area contributed by atoms with Crippen molar-refractivity contribution in [2.24, 2.45) is 17.7 Å². The van der Waals surface area contributed by atoms with Crippen LogP contribution in [-0.4, -0.2) is 48.7 Å². The topological polar surface area (TPSA) is 294 Å². The third-order valence-electron chi connectivity index (χ3n) is 18.9. The fraction of sp³-hybridized carbons (Fsp3) is 0.172. The number of halogens is 5. The number of carbonyl (C=O) groups excluding carboxylic acids is 3. The molecule has 14 N–H and O–H groups in total. The van der Waals surface area contributed by atoms with E-state index < -0.39 is 5.97 Å². The summed E-state index contributed by atoms with van der Waals surface area (Å²) in [4.78, 5) is 78.7. The molecule has 0 saturated carbocycles. The molecule has 3 atom stereocenters. The van der Waals surface area contributed by atoms with E-state index >= 15 is 0 Å². The minimum absolute atomic E-state index is 0.139. The maximum absolute atomic E-state index is 13.2. The molecule has 110 heavy (non-hydrogen) atoms. The molecule has 14 rings (SSSR count). The van der Waals surface area contributed by atoms with Gasteiger partial charge in [0.25, 0.3) is 17.7 Å². The molecule has 564 valence electrons. The van der Waals surface area contributed by atoms with Gasteiger partial charge in [-0.1, -0.05) is 178 Å². The van der Waals surface area contributed by atoms with Gasteiger partial charge in [-0.3, -0.25) is 33.7 Å². The van der Waals surface area contributed by atoms with Gasteiger partial charge in [0.2, 0.25) is 0 Å². The van der Waals surface area contributed by atoms with Gasteiger partial charge in [0.1, 0.15) is 35.4 Å². The molecule has 0 aliphatic rings. The number of aromatic nitrogens is 4. The first kappa shape index (κ1) is 80.5. The van der Waals surface area contributed by atoms with Gasteiger partial charge < -0.3 is 41.0 Å². The predicted octanol–water partition coefficient (Wildman–Crippen LogP) is 21.6. The van der Waals surface area contributed by atoms with Crippen molar-refractivity contribution in [1.29, 1.82) is 0 Å². The highest BCUT2D eigenvalue weighted by atomic mass is 35.5. The van der Waals surface area contributed by atoms with Crippen LogP contribution in [0.5, 0.6) is 0 Å². The number of aliphatic carboxylic acids is 1. The van der Waals surface area contributed by atoms with E-state index in [0.29, 0.717) is 92.8 Å². The van der Waals surface area contributed by atoms with Gasteiger partial charge in [0.05, 0.1) is 0 Å². The van der Waals surface area contributed by atoms with Gasteiger partial charge in [-0.25, -0.2) is 17.7 Å². The predicted molar refractivity (Wildman–Crippen MR) is 445 cm³/mol. The Labute approximate surface area is 661 Å². The number of fused-ring (bicyclic) bond motifs is 4. The van der Waals surface area contributed by atoms with Crippen molar-refractivity contribution in [2.75, 3.05) is 16.0 Å². The number of carboxylic acid groups (broad SMARTS) is 1. The van der Waals surface area contributed by atoms with Crippen molar-refractivity contribution in [2.45, 2.75) is 97.4 Å². The average Bonchev–Trinajstić information content (AvgIpc) is 1.65. The number of H-pyrrole nitrogens is 4. The largest absolute Gasteiger partial charge is 0.481 e. The van der Waals surface area contributed by atoms with Gasteiger partial charge in [-0.15, -0.1) is 0 Å². The second-order valence-electron chi connectivity index (χ2n) is 26.6. The number of anilines is 3. The van der Waals surface area contributed by atoms with Crippen LogP contribution in [-0.2, 0) is 45.0 Å². The second-order valence-corrected chi connectivity index (χ2v) is 28.8. The van der Waals surface area contributed by atoms with E-state index in [-0.39, 0.29) is 42.5 Å². The van der Waals surface area contributed by atoms with Crippen molar-refractivity contribution in [1.82, 2.24) is 19.9 Å². The van der Waals surface area contributed by atoms with Crippen LogP contribution in [0.25, 0.3) is 43.6 Å². The second kappa shape index (κ2) is 38.2. The van der Waals surface area contributed by atoms with E-state index in [1.807, 2.05) is 178 Å². The number of para-hydroxylation sites is 1. The van der Waals surface area contributed by atoms with Crippen molar-refractivity contribution >= 4 is 142 Å². The van der Waals surface area contributed by atoms with Crippen LogP contribution < -0.4 is 33.6 Å². The van der Waals surface area contributed by atoms with Gasteiger partial charge >= 0.3 is 5.97 Å². The summed E-state index contributed by atoms with van der Waals surface area (Å²) in [7, 11) is 0. The molecule has 0 aliphatic heterocycles. The Morgan fingerprint density at radius 3 is 1.07 bits per heavy atom. The smallest absolute Gasteiger partial charge is 0.303 e. The van der Waals surface area contributed by atoms with Crippen LogP contribution in [0.15, 0.2) is 231 Å². The molecule has 0 aliphatic carbocycles. The molecule has 10 aromatic carbocycles. The molecule has 0 fully saturated rings. The number of hydrogen-bond donors (Lipinski definition) is 11. The maximum atomic E-state index is 13.2. The third-order valence-corrected chi connectivity index (χ3v) is 20.1. The Morgan fingerprint density at radius 2 is 0.664 bits per heavy atom. The molecule has 4 aromatic heterocycles. The Hall–Kier alpha value is -10.6. The van der Waals surface area contributed by atoms with E-state index in [4.69, 9.17) is 95.3 Å². The average molecular weight is 1570 g/mol. The first-order valence-corrected chi connectivity index (χ1v) is 37.5. The van der Waals surface area contributed by atoms with Crippen LogP contribution in [0.2, 0.25) is 25.1 Å². The Kier molecular flexibility index (Phi) is 27.9. The minimum atomic E-state index is -0.782. The molecule has 0 radical (unpaired) electrons.